The summed E-state index contributed by atoms with van der Waals surface area (Å²) in [5.74, 6) is -1.74. The first-order valence-corrected chi connectivity index (χ1v) is 11.4. The first-order valence-electron chi connectivity index (χ1n) is 11.4. The van der Waals surface area contributed by atoms with Crippen molar-refractivity contribution in [3.8, 4) is 0 Å². The minimum Gasteiger partial charge on any atom is -0.382 e. The fourth-order valence-electron chi connectivity index (χ4n) is 4.61. The summed E-state index contributed by atoms with van der Waals surface area (Å²) in [5, 5.41) is 2.79. The summed E-state index contributed by atoms with van der Waals surface area (Å²) in [6.45, 7) is 3.72. The molecule has 0 bridgehead atoms. The van der Waals surface area contributed by atoms with E-state index in [9.17, 15) is 13.6 Å². The Bertz CT molecular complexity index is 1050. The van der Waals surface area contributed by atoms with E-state index in [2.05, 4.69) is 30.2 Å². The number of carbonyl (C=O) groups excluding carboxylic acids is 1. The van der Waals surface area contributed by atoms with Crippen molar-refractivity contribution in [1.82, 2.24) is 19.9 Å². The lowest BCUT2D eigenvalue weighted by molar-refractivity contribution is -0.0222. The second-order valence-corrected chi connectivity index (χ2v) is 9.45. The van der Waals surface area contributed by atoms with Crippen LogP contribution in [0.4, 0.5) is 32.2 Å². The van der Waals surface area contributed by atoms with Crippen molar-refractivity contribution >= 4 is 29.3 Å². The van der Waals surface area contributed by atoms with E-state index in [0.29, 0.717) is 28.7 Å². The second kappa shape index (κ2) is 8.03. The number of anilines is 4. The van der Waals surface area contributed by atoms with Crippen molar-refractivity contribution in [1.29, 1.82) is 0 Å². The van der Waals surface area contributed by atoms with Crippen LogP contribution in [0.1, 0.15) is 54.7 Å². The van der Waals surface area contributed by atoms with Gasteiger partial charge in [-0.25, -0.2) is 23.7 Å². The molecule has 3 aliphatic rings. The predicted octanol–water partition coefficient (Wildman–Crippen LogP) is 3.03. The third kappa shape index (κ3) is 4.67. The molecule has 1 spiro atoms. The fourth-order valence-corrected chi connectivity index (χ4v) is 4.61. The van der Waals surface area contributed by atoms with Crippen molar-refractivity contribution in [2.45, 2.75) is 51.4 Å². The highest BCUT2D eigenvalue weighted by molar-refractivity contribution is 6.05. The fraction of sp³-hybridized carbons (Fsp3) is 0.591. The van der Waals surface area contributed by atoms with Gasteiger partial charge in [0.05, 0.1) is 6.20 Å². The lowest BCUT2D eigenvalue weighted by Crippen LogP contribution is -2.40. The van der Waals surface area contributed by atoms with Crippen LogP contribution in [-0.2, 0) is 0 Å². The Morgan fingerprint density at radius 3 is 2.33 bits per heavy atom. The quantitative estimate of drug-likeness (QED) is 0.719. The molecule has 33 heavy (non-hydrogen) atoms. The Morgan fingerprint density at radius 1 is 1.00 bits per heavy atom. The number of carbonyl (C=O) groups is 1. The molecule has 0 aromatic carbocycles. The maximum atomic E-state index is 13.5. The zero-order chi connectivity index (χ0) is 23.2. The number of nitrogen functional groups attached to an aromatic ring is 1. The maximum absolute atomic E-state index is 13.5. The highest BCUT2D eigenvalue weighted by Crippen LogP contribution is 2.53. The van der Waals surface area contributed by atoms with Gasteiger partial charge in [0, 0.05) is 50.8 Å². The van der Waals surface area contributed by atoms with Crippen molar-refractivity contribution in [3.63, 3.8) is 0 Å². The van der Waals surface area contributed by atoms with Crippen LogP contribution in [-0.4, -0.2) is 57.9 Å². The Balaban J connectivity index is 1.34. The molecule has 5 rings (SSSR count). The monoisotopic (exact) mass is 458 g/mol. The number of piperidine rings is 2. The molecule has 176 valence electrons. The Morgan fingerprint density at radius 2 is 1.67 bits per heavy atom. The molecule has 0 radical (unpaired) electrons. The molecule has 3 N–H and O–H groups in total. The zero-order valence-electron chi connectivity index (χ0n) is 18.7. The van der Waals surface area contributed by atoms with E-state index in [1.807, 2.05) is 0 Å². The number of halogens is 2. The summed E-state index contributed by atoms with van der Waals surface area (Å²) in [6, 6.07) is 1.64. The highest BCUT2D eigenvalue weighted by atomic mass is 19.3. The van der Waals surface area contributed by atoms with E-state index in [1.54, 1.807) is 17.9 Å². The van der Waals surface area contributed by atoms with Crippen LogP contribution in [0.5, 0.6) is 0 Å². The van der Waals surface area contributed by atoms with Gasteiger partial charge < -0.3 is 20.9 Å². The van der Waals surface area contributed by atoms with Crippen LogP contribution >= 0.6 is 0 Å². The lowest BCUT2D eigenvalue weighted by Gasteiger charge is -2.33. The molecule has 0 unspecified atom stereocenters. The van der Waals surface area contributed by atoms with E-state index < -0.39 is 11.8 Å². The Hall–Kier alpha value is -3.11. The molecule has 1 aliphatic carbocycles. The maximum Gasteiger partial charge on any atom is 0.279 e. The average Bonchev–Trinajstić information content (AvgIpc) is 3.52. The molecule has 2 saturated heterocycles. The molecule has 11 heteroatoms. The summed E-state index contributed by atoms with van der Waals surface area (Å²) in [4.78, 5) is 34.4. The lowest BCUT2D eigenvalue weighted by atomic mass is 9.93. The number of alkyl halides is 2. The van der Waals surface area contributed by atoms with Crippen LogP contribution in [0, 0.1) is 12.3 Å². The van der Waals surface area contributed by atoms with Gasteiger partial charge in [-0.15, -0.1) is 0 Å². The number of nitrogens with one attached hydrogen (secondary N) is 1. The zero-order valence-corrected chi connectivity index (χ0v) is 18.7. The molecule has 0 atom stereocenters. The Kier molecular flexibility index (Phi) is 5.29. The van der Waals surface area contributed by atoms with Crippen LogP contribution < -0.4 is 20.9 Å². The number of rotatable bonds is 4. The van der Waals surface area contributed by atoms with Gasteiger partial charge in [-0.2, -0.15) is 4.98 Å². The summed E-state index contributed by atoms with van der Waals surface area (Å²) < 4.78 is 27.1. The smallest absolute Gasteiger partial charge is 0.279 e. The van der Waals surface area contributed by atoms with E-state index in [0.717, 1.165) is 25.9 Å². The molecular weight excluding hydrogens is 430 g/mol. The molecule has 1 amide bonds. The number of amides is 1. The van der Waals surface area contributed by atoms with Crippen LogP contribution in [0.3, 0.4) is 0 Å². The van der Waals surface area contributed by atoms with Crippen LogP contribution in [0.15, 0.2) is 12.3 Å². The molecule has 2 aliphatic heterocycles. The molecule has 1 saturated carbocycles. The topological polar surface area (TPSA) is 113 Å². The summed E-state index contributed by atoms with van der Waals surface area (Å²) in [6.07, 6.45) is 5.60. The summed E-state index contributed by atoms with van der Waals surface area (Å²) >= 11 is 0. The van der Waals surface area contributed by atoms with Crippen molar-refractivity contribution in [3.05, 3.63) is 23.7 Å². The minimum atomic E-state index is -2.66. The number of hydrogen-bond acceptors (Lipinski definition) is 8. The molecule has 2 aromatic rings. The Labute approximate surface area is 190 Å². The first kappa shape index (κ1) is 21.7. The van der Waals surface area contributed by atoms with Gasteiger partial charge in [0.15, 0.2) is 11.5 Å². The molecule has 4 heterocycles. The molecular formula is C22H28F2N8O. The predicted molar refractivity (Wildman–Crippen MR) is 121 cm³/mol. The number of aryl methyl sites for hydroxylation is 1. The first-order chi connectivity index (χ1) is 15.7. The average molecular weight is 459 g/mol. The van der Waals surface area contributed by atoms with Gasteiger partial charge in [-0.05, 0) is 38.0 Å². The van der Waals surface area contributed by atoms with Gasteiger partial charge in [-0.1, -0.05) is 0 Å². The molecule has 2 aromatic heterocycles. The third-order valence-electron chi connectivity index (χ3n) is 6.93. The van der Waals surface area contributed by atoms with Crippen molar-refractivity contribution in [2.24, 2.45) is 5.41 Å². The van der Waals surface area contributed by atoms with Crippen LogP contribution in [0.25, 0.3) is 0 Å². The van der Waals surface area contributed by atoms with E-state index in [4.69, 9.17) is 5.73 Å². The summed E-state index contributed by atoms with van der Waals surface area (Å²) in [5.41, 5.74) is 7.18. The van der Waals surface area contributed by atoms with Crippen molar-refractivity contribution < 1.29 is 13.6 Å². The molecule has 9 nitrogen and oxygen atoms in total. The molecule has 3 fully saturated rings. The normalized spacial score (nSPS) is 21.2. The van der Waals surface area contributed by atoms with Gasteiger partial charge in [0.2, 0.25) is 5.95 Å². The van der Waals surface area contributed by atoms with Gasteiger partial charge in [-0.3, -0.25) is 4.79 Å². The van der Waals surface area contributed by atoms with Gasteiger partial charge in [0.1, 0.15) is 11.6 Å². The number of nitrogens with zero attached hydrogens (tertiary/aromatic N) is 6. The third-order valence-corrected chi connectivity index (χ3v) is 6.93. The largest absolute Gasteiger partial charge is 0.382 e. The van der Waals surface area contributed by atoms with Gasteiger partial charge >= 0.3 is 0 Å². The number of hydrogen-bond donors (Lipinski definition) is 2. The van der Waals surface area contributed by atoms with Gasteiger partial charge in [0.25, 0.3) is 11.8 Å². The second-order valence-electron chi connectivity index (χ2n) is 9.45. The van der Waals surface area contributed by atoms with Crippen LogP contribution in [0.2, 0.25) is 0 Å². The summed E-state index contributed by atoms with van der Waals surface area (Å²) in [7, 11) is 0. The highest BCUT2D eigenvalue weighted by Gasteiger charge is 2.45. The minimum absolute atomic E-state index is 0.161. The van der Waals surface area contributed by atoms with E-state index in [1.165, 1.54) is 19.0 Å². The SMILES string of the molecule is Cc1cc(NC(=O)c2ncc(N)nc2N2CCC3(CC2)CC3)nc(N2CCC(F)(F)CC2)n1. The van der Waals surface area contributed by atoms with E-state index in [-0.39, 0.29) is 37.4 Å². The standard InChI is InChI=1S/C22H28F2N8O/c1-14-12-16(30-20(27-14)32-10-6-22(23,24)7-11-32)29-19(33)17-18(28-15(25)13-26-17)31-8-4-21(2-3-21)5-9-31/h12-13H,2-11H2,1H3,(H2,25,28)(H,27,29,30,33). The van der Waals surface area contributed by atoms with Crippen molar-refractivity contribution in [2.75, 3.05) is 47.0 Å². The number of aromatic nitrogens is 4. The van der Waals surface area contributed by atoms with E-state index >= 15 is 0 Å². The number of nitrogens with two attached hydrogens (primary N) is 1.